The van der Waals surface area contributed by atoms with Gasteiger partial charge in [0.15, 0.2) is 5.82 Å². The van der Waals surface area contributed by atoms with Gasteiger partial charge in [0.2, 0.25) is 0 Å². The Balaban J connectivity index is 1.48. The van der Waals surface area contributed by atoms with Gasteiger partial charge < -0.3 is 14.5 Å². The first-order valence-electron chi connectivity index (χ1n) is 15.9. The number of hydrogen-bond donors (Lipinski definition) is 0. The highest BCUT2D eigenvalue weighted by Gasteiger charge is 2.32. The van der Waals surface area contributed by atoms with E-state index in [9.17, 15) is 23.2 Å². The lowest BCUT2D eigenvalue weighted by Gasteiger charge is -2.35. The first kappa shape index (κ1) is 32.4. The van der Waals surface area contributed by atoms with E-state index in [4.69, 9.17) is 4.74 Å². The van der Waals surface area contributed by atoms with Gasteiger partial charge in [-0.1, -0.05) is 6.07 Å². The van der Waals surface area contributed by atoms with Crippen molar-refractivity contribution in [2.24, 2.45) is 18.9 Å². The summed E-state index contributed by atoms with van der Waals surface area (Å²) >= 11 is 0. The monoisotopic (exact) mass is 621 g/mol. The summed E-state index contributed by atoms with van der Waals surface area (Å²) < 4.78 is 47.9. The third kappa shape index (κ3) is 7.81. The van der Waals surface area contributed by atoms with Crippen molar-refractivity contribution in [3.05, 3.63) is 76.0 Å². The van der Waals surface area contributed by atoms with Gasteiger partial charge in [-0.3, -0.25) is 9.48 Å². The molecule has 1 aromatic heterocycles. The second-order valence-corrected chi connectivity index (χ2v) is 12.5. The minimum Gasteiger partial charge on any atom is -0.469 e. The predicted octanol–water partition coefficient (Wildman–Crippen LogP) is 7.20. The SMILES string of the molecule is CCN(C[C@H]1CC[C@H](C(=O)OC)CC1)c1cc2c(cc1CN(Cc1cc(C#N)cc(C(F)(F)F)c1)c1ccn(C)n1)CCCC2. The van der Waals surface area contributed by atoms with Gasteiger partial charge in [-0.15, -0.1) is 0 Å². The molecule has 0 saturated heterocycles. The van der Waals surface area contributed by atoms with E-state index >= 15 is 0 Å². The van der Waals surface area contributed by atoms with Crippen molar-refractivity contribution in [1.82, 2.24) is 9.78 Å². The average molecular weight is 622 g/mol. The highest BCUT2D eigenvalue weighted by Crippen LogP contribution is 2.36. The van der Waals surface area contributed by atoms with E-state index in [2.05, 4.69) is 29.1 Å². The van der Waals surface area contributed by atoms with Crippen molar-refractivity contribution >= 4 is 17.5 Å². The molecule has 2 aliphatic rings. The van der Waals surface area contributed by atoms with Crippen LogP contribution in [0.25, 0.3) is 0 Å². The third-order valence-electron chi connectivity index (χ3n) is 9.33. The molecule has 1 heterocycles. The average Bonchev–Trinajstić information content (AvgIpc) is 3.48. The van der Waals surface area contributed by atoms with E-state index in [-0.39, 0.29) is 24.0 Å². The van der Waals surface area contributed by atoms with Crippen LogP contribution in [0.3, 0.4) is 0 Å². The van der Waals surface area contributed by atoms with E-state index in [1.165, 1.54) is 24.3 Å². The molecule has 0 unspecified atom stereocenters. The van der Waals surface area contributed by atoms with Crippen LogP contribution in [-0.4, -0.2) is 35.9 Å². The maximum Gasteiger partial charge on any atom is 0.416 e. The van der Waals surface area contributed by atoms with Gasteiger partial charge >= 0.3 is 12.1 Å². The lowest BCUT2D eigenvalue weighted by Crippen LogP contribution is -2.34. The number of aromatic nitrogens is 2. The summed E-state index contributed by atoms with van der Waals surface area (Å²) in [5.74, 6) is 0.970. The van der Waals surface area contributed by atoms with Gasteiger partial charge in [0, 0.05) is 51.2 Å². The zero-order valence-corrected chi connectivity index (χ0v) is 26.4. The van der Waals surface area contributed by atoms with E-state index in [1.54, 1.807) is 4.68 Å². The molecule has 0 bridgehead atoms. The van der Waals surface area contributed by atoms with Crippen molar-refractivity contribution in [2.45, 2.75) is 77.6 Å². The van der Waals surface area contributed by atoms with Crippen LogP contribution in [-0.2, 0) is 48.7 Å². The summed E-state index contributed by atoms with van der Waals surface area (Å²) in [4.78, 5) is 16.5. The molecule has 0 aliphatic heterocycles. The molecule has 10 heteroatoms. The molecular weight excluding hydrogens is 579 g/mol. The number of halogens is 3. The molecule has 240 valence electrons. The Hall–Kier alpha value is -4.00. The summed E-state index contributed by atoms with van der Waals surface area (Å²) in [6.07, 6.45) is 5.21. The molecule has 2 aliphatic carbocycles. The molecule has 0 atom stereocenters. The van der Waals surface area contributed by atoms with Crippen molar-refractivity contribution < 1.29 is 22.7 Å². The fourth-order valence-electron chi connectivity index (χ4n) is 6.93. The fraction of sp³-hybridized carbons (Fsp3) is 0.514. The quantitative estimate of drug-likeness (QED) is 0.223. The van der Waals surface area contributed by atoms with E-state index in [1.807, 2.05) is 30.3 Å². The number of methoxy groups -OCH3 is 1. The Kier molecular flexibility index (Phi) is 10.1. The number of nitriles is 1. The Labute approximate surface area is 263 Å². The molecule has 45 heavy (non-hydrogen) atoms. The van der Waals surface area contributed by atoms with Crippen LogP contribution < -0.4 is 9.80 Å². The molecule has 1 saturated carbocycles. The van der Waals surface area contributed by atoms with Crippen LogP contribution in [0, 0.1) is 23.2 Å². The number of carbonyl (C=O) groups is 1. The minimum absolute atomic E-state index is 0.0191. The Morgan fingerprint density at radius 3 is 2.36 bits per heavy atom. The van der Waals surface area contributed by atoms with Crippen LogP contribution in [0.5, 0.6) is 0 Å². The predicted molar refractivity (Wildman–Crippen MR) is 168 cm³/mol. The van der Waals surface area contributed by atoms with E-state index in [0.29, 0.717) is 23.8 Å². The first-order valence-corrected chi connectivity index (χ1v) is 15.9. The summed E-state index contributed by atoms with van der Waals surface area (Å²) in [6, 6.07) is 12.0. The number of anilines is 2. The van der Waals surface area contributed by atoms with Gasteiger partial charge in [-0.2, -0.15) is 23.5 Å². The topological polar surface area (TPSA) is 74.4 Å². The van der Waals surface area contributed by atoms with Crippen molar-refractivity contribution in [3.63, 3.8) is 0 Å². The second kappa shape index (κ2) is 14.0. The number of nitrogens with zero attached hydrogens (tertiary/aromatic N) is 5. The van der Waals surface area contributed by atoms with Crippen molar-refractivity contribution in [3.8, 4) is 6.07 Å². The first-order chi connectivity index (χ1) is 21.6. The molecule has 2 aromatic carbocycles. The minimum atomic E-state index is -4.55. The van der Waals surface area contributed by atoms with Gasteiger partial charge in [-0.05, 0) is 111 Å². The third-order valence-corrected chi connectivity index (χ3v) is 9.33. The zero-order chi connectivity index (χ0) is 32.1. The second-order valence-electron chi connectivity index (χ2n) is 12.5. The highest BCUT2D eigenvalue weighted by molar-refractivity contribution is 5.72. The van der Waals surface area contributed by atoms with Crippen molar-refractivity contribution in [1.29, 1.82) is 5.26 Å². The maximum atomic E-state index is 13.7. The Morgan fingerprint density at radius 2 is 1.76 bits per heavy atom. The van der Waals surface area contributed by atoms with Crippen LogP contribution in [0.1, 0.15) is 78.8 Å². The van der Waals surface area contributed by atoms with Gasteiger partial charge in [0.1, 0.15) is 0 Å². The standard InChI is InChI=1S/C35H42F3N5O2/c1-4-42(21-24-9-11-27(12-10-24)34(44)45-3)32-19-29-8-6-5-7-28(29)18-30(32)23-43(33-13-14-41(2)40-33)22-26-15-25(20-39)16-31(17-26)35(36,37)38/h13-19,24,27H,4-12,21-23H2,1-3H3/t24-,27-. The molecule has 0 radical (unpaired) electrons. The van der Waals surface area contributed by atoms with Crippen LogP contribution in [0.15, 0.2) is 42.6 Å². The molecule has 7 nitrogen and oxygen atoms in total. The number of benzene rings is 2. The molecule has 0 spiro atoms. The van der Waals surface area contributed by atoms with Crippen molar-refractivity contribution in [2.75, 3.05) is 30.0 Å². The summed E-state index contributed by atoms with van der Waals surface area (Å²) in [5, 5.41) is 14.1. The highest BCUT2D eigenvalue weighted by atomic mass is 19.4. The number of aryl methyl sites for hydroxylation is 3. The van der Waals surface area contributed by atoms with E-state index in [0.717, 1.165) is 87.8 Å². The number of rotatable bonds is 10. The number of ether oxygens (including phenoxy) is 1. The number of fused-ring (bicyclic) bond motifs is 1. The summed E-state index contributed by atoms with van der Waals surface area (Å²) in [6.45, 7) is 4.45. The molecule has 0 N–H and O–H groups in total. The molecule has 0 amide bonds. The Morgan fingerprint density at radius 1 is 1.04 bits per heavy atom. The smallest absolute Gasteiger partial charge is 0.416 e. The fourth-order valence-corrected chi connectivity index (χ4v) is 6.93. The zero-order valence-electron chi connectivity index (χ0n) is 26.4. The van der Waals surface area contributed by atoms with Crippen LogP contribution in [0.2, 0.25) is 0 Å². The largest absolute Gasteiger partial charge is 0.469 e. The van der Waals surface area contributed by atoms with Crippen LogP contribution >= 0.6 is 0 Å². The maximum absolute atomic E-state index is 13.7. The van der Waals surface area contributed by atoms with E-state index < -0.39 is 11.7 Å². The lowest BCUT2D eigenvalue weighted by molar-refractivity contribution is -0.146. The Bertz CT molecular complexity index is 1530. The van der Waals surface area contributed by atoms with Gasteiger partial charge in [0.05, 0.1) is 30.2 Å². The lowest BCUT2D eigenvalue weighted by atomic mass is 9.81. The summed E-state index contributed by atoms with van der Waals surface area (Å²) in [5.41, 5.74) is 4.52. The number of carbonyl (C=O) groups excluding carboxylic acids is 1. The number of alkyl halides is 3. The molecule has 3 aromatic rings. The summed E-state index contributed by atoms with van der Waals surface area (Å²) in [7, 11) is 3.27. The van der Waals surface area contributed by atoms with Gasteiger partial charge in [0.25, 0.3) is 0 Å². The molecule has 5 rings (SSSR count). The molecule has 1 fully saturated rings. The number of esters is 1. The van der Waals surface area contributed by atoms with Crippen LogP contribution in [0.4, 0.5) is 24.7 Å². The molecular formula is C35H42F3N5O2. The normalized spacial score (nSPS) is 18.2. The number of hydrogen-bond acceptors (Lipinski definition) is 6. The van der Waals surface area contributed by atoms with Gasteiger partial charge in [-0.25, -0.2) is 0 Å².